The Kier molecular flexibility index (Phi) is 3.76. The van der Waals surface area contributed by atoms with Gasteiger partial charge in [0.2, 0.25) is 0 Å². The van der Waals surface area contributed by atoms with E-state index in [1.807, 2.05) is 6.08 Å². The maximum absolute atomic E-state index is 5.94. The first kappa shape index (κ1) is 13.1. The lowest BCUT2D eigenvalue weighted by Crippen LogP contribution is -2.50. The van der Waals surface area contributed by atoms with Gasteiger partial charge in [-0.15, -0.1) is 6.58 Å². The molecule has 2 rings (SSSR count). The van der Waals surface area contributed by atoms with Gasteiger partial charge >= 0.3 is 0 Å². The van der Waals surface area contributed by atoms with Crippen LogP contribution in [-0.2, 0) is 6.42 Å². The van der Waals surface area contributed by atoms with Gasteiger partial charge in [-0.1, -0.05) is 34.1 Å². The van der Waals surface area contributed by atoms with Gasteiger partial charge in [0, 0.05) is 11.0 Å². The lowest BCUT2D eigenvalue weighted by molar-refractivity contribution is 0.239. The Labute approximate surface area is 117 Å². The number of benzene rings is 1. The van der Waals surface area contributed by atoms with Crippen LogP contribution >= 0.6 is 15.9 Å². The Morgan fingerprint density at radius 2 is 2.17 bits per heavy atom. The molecule has 0 radical (unpaired) electrons. The van der Waals surface area contributed by atoms with Gasteiger partial charge in [-0.2, -0.15) is 0 Å². The summed E-state index contributed by atoms with van der Waals surface area (Å²) in [5, 5.41) is 0. The van der Waals surface area contributed by atoms with Crippen molar-refractivity contribution in [2.75, 3.05) is 13.1 Å². The van der Waals surface area contributed by atoms with Gasteiger partial charge in [0.25, 0.3) is 0 Å². The Bertz CT molecular complexity index is 466. The Morgan fingerprint density at radius 1 is 1.50 bits per heavy atom. The zero-order valence-corrected chi connectivity index (χ0v) is 12.2. The van der Waals surface area contributed by atoms with Crippen LogP contribution in [0.1, 0.15) is 12.5 Å². The summed E-state index contributed by atoms with van der Waals surface area (Å²) in [6, 6.07) is 8.40. The molecule has 1 aromatic rings. The minimum atomic E-state index is -0.0495. The zero-order chi connectivity index (χ0) is 13.2. The van der Waals surface area contributed by atoms with E-state index >= 15 is 0 Å². The molecule has 2 N–H and O–H groups in total. The molecular weight excluding hydrogens is 290 g/mol. The van der Waals surface area contributed by atoms with Crippen molar-refractivity contribution in [3.63, 3.8) is 0 Å². The molecule has 18 heavy (non-hydrogen) atoms. The van der Waals surface area contributed by atoms with Crippen molar-refractivity contribution in [3.05, 3.63) is 47.0 Å². The SMILES string of the molecule is C=CCN1C(N)=NCC1(C)Cc1ccc(Br)cc1. The molecule has 0 saturated heterocycles. The topological polar surface area (TPSA) is 41.6 Å². The molecular formula is C14H18BrN3. The maximum Gasteiger partial charge on any atom is 0.192 e. The molecule has 0 aliphatic carbocycles. The fourth-order valence-electron chi connectivity index (χ4n) is 2.33. The average Bonchev–Trinajstić information content (AvgIpc) is 2.61. The highest BCUT2D eigenvalue weighted by Gasteiger charge is 2.37. The summed E-state index contributed by atoms with van der Waals surface area (Å²) in [7, 11) is 0. The minimum absolute atomic E-state index is 0.0495. The second kappa shape index (κ2) is 5.14. The molecule has 1 aliphatic heterocycles. The van der Waals surface area contributed by atoms with Gasteiger partial charge in [0.05, 0.1) is 12.1 Å². The first-order chi connectivity index (χ1) is 8.55. The van der Waals surface area contributed by atoms with E-state index in [4.69, 9.17) is 5.73 Å². The normalized spacial score (nSPS) is 23.0. The van der Waals surface area contributed by atoms with Gasteiger partial charge < -0.3 is 10.6 Å². The average molecular weight is 308 g/mol. The van der Waals surface area contributed by atoms with Gasteiger partial charge in [0.15, 0.2) is 5.96 Å². The van der Waals surface area contributed by atoms with Crippen LogP contribution in [0.4, 0.5) is 0 Å². The number of nitrogens with two attached hydrogens (primary N) is 1. The van der Waals surface area contributed by atoms with Gasteiger partial charge in [-0.05, 0) is 31.0 Å². The van der Waals surface area contributed by atoms with E-state index < -0.39 is 0 Å². The van der Waals surface area contributed by atoms with Crippen molar-refractivity contribution in [2.45, 2.75) is 18.9 Å². The second-order valence-electron chi connectivity index (χ2n) is 4.87. The lowest BCUT2D eigenvalue weighted by atomic mass is 9.92. The molecule has 1 aromatic carbocycles. The molecule has 0 aromatic heterocycles. The number of aliphatic imine (C=N–C) groups is 1. The highest BCUT2D eigenvalue weighted by atomic mass is 79.9. The van der Waals surface area contributed by atoms with E-state index in [0.717, 1.165) is 24.0 Å². The summed E-state index contributed by atoms with van der Waals surface area (Å²) in [4.78, 5) is 6.49. The first-order valence-electron chi connectivity index (χ1n) is 5.98. The van der Waals surface area contributed by atoms with Crippen molar-refractivity contribution in [3.8, 4) is 0 Å². The fourth-order valence-corrected chi connectivity index (χ4v) is 2.60. The van der Waals surface area contributed by atoms with Crippen LogP contribution in [0, 0.1) is 0 Å². The maximum atomic E-state index is 5.94. The molecule has 0 spiro atoms. The zero-order valence-electron chi connectivity index (χ0n) is 10.6. The monoisotopic (exact) mass is 307 g/mol. The van der Waals surface area contributed by atoms with E-state index in [0.29, 0.717) is 5.96 Å². The summed E-state index contributed by atoms with van der Waals surface area (Å²) < 4.78 is 1.10. The van der Waals surface area contributed by atoms with Crippen molar-refractivity contribution in [1.82, 2.24) is 4.90 Å². The van der Waals surface area contributed by atoms with Crippen LogP contribution in [0.25, 0.3) is 0 Å². The number of halogens is 1. The molecule has 0 amide bonds. The van der Waals surface area contributed by atoms with E-state index in [-0.39, 0.29) is 5.54 Å². The first-order valence-corrected chi connectivity index (χ1v) is 6.77. The summed E-state index contributed by atoms with van der Waals surface area (Å²) >= 11 is 3.45. The largest absolute Gasteiger partial charge is 0.370 e. The van der Waals surface area contributed by atoms with Crippen molar-refractivity contribution in [1.29, 1.82) is 0 Å². The molecule has 1 heterocycles. The minimum Gasteiger partial charge on any atom is -0.370 e. The lowest BCUT2D eigenvalue weighted by Gasteiger charge is -2.35. The molecule has 0 bridgehead atoms. The molecule has 1 unspecified atom stereocenters. The van der Waals surface area contributed by atoms with Gasteiger partial charge in [-0.25, -0.2) is 0 Å². The van der Waals surface area contributed by atoms with Crippen LogP contribution in [0.5, 0.6) is 0 Å². The van der Waals surface area contributed by atoms with Crippen LogP contribution in [0.2, 0.25) is 0 Å². The third-order valence-corrected chi connectivity index (χ3v) is 3.85. The highest BCUT2D eigenvalue weighted by molar-refractivity contribution is 9.10. The fraction of sp³-hybridized carbons (Fsp3) is 0.357. The number of guanidine groups is 1. The van der Waals surface area contributed by atoms with Crippen molar-refractivity contribution >= 4 is 21.9 Å². The van der Waals surface area contributed by atoms with E-state index in [2.05, 4.69) is 63.6 Å². The molecule has 4 heteroatoms. The quantitative estimate of drug-likeness (QED) is 0.869. The molecule has 3 nitrogen and oxygen atoms in total. The molecule has 1 aliphatic rings. The molecule has 96 valence electrons. The van der Waals surface area contributed by atoms with Crippen LogP contribution in [-0.4, -0.2) is 29.5 Å². The van der Waals surface area contributed by atoms with E-state index in [1.54, 1.807) is 0 Å². The summed E-state index contributed by atoms with van der Waals surface area (Å²) in [5.74, 6) is 0.620. The molecule has 1 atom stereocenters. The standard InChI is InChI=1S/C14H18BrN3/c1-3-8-18-13(16)17-10-14(18,2)9-11-4-6-12(15)7-5-11/h3-7H,1,8-10H2,2H3,(H2,16,17). The predicted octanol–water partition coefficient (Wildman–Crippen LogP) is 2.57. The number of hydrogen-bond donors (Lipinski definition) is 1. The Balaban J connectivity index is 2.16. The smallest absolute Gasteiger partial charge is 0.192 e. The van der Waals surface area contributed by atoms with Crippen molar-refractivity contribution < 1.29 is 0 Å². The number of rotatable bonds is 4. The Morgan fingerprint density at radius 3 is 2.78 bits per heavy atom. The number of hydrogen-bond acceptors (Lipinski definition) is 3. The Hall–Kier alpha value is -1.29. The second-order valence-corrected chi connectivity index (χ2v) is 5.79. The summed E-state index contributed by atoms with van der Waals surface area (Å²) in [6.07, 6.45) is 2.80. The van der Waals surface area contributed by atoms with E-state index in [1.165, 1.54) is 5.56 Å². The van der Waals surface area contributed by atoms with Gasteiger partial charge in [-0.3, -0.25) is 4.99 Å². The third kappa shape index (κ3) is 2.58. The van der Waals surface area contributed by atoms with Crippen LogP contribution in [0.15, 0.2) is 46.4 Å². The van der Waals surface area contributed by atoms with E-state index in [9.17, 15) is 0 Å². The third-order valence-electron chi connectivity index (χ3n) is 3.32. The number of nitrogens with zero attached hydrogens (tertiary/aromatic N) is 2. The highest BCUT2D eigenvalue weighted by Crippen LogP contribution is 2.26. The van der Waals surface area contributed by atoms with Crippen LogP contribution < -0.4 is 5.73 Å². The molecule has 0 fully saturated rings. The summed E-state index contributed by atoms with van der Waals surface area (Å²) in [5.41, 5.74) is 7.18. The van der Waals surface area contributed by atoms with Crippen molar-refractivity contribution in [2.24, 2.45) is 10.7 Å². The molecule has 0 saturated carbocycles. The van der Waals surface area contributed by atoms with Crippen LogP contribution in [0.3, 0.4) is 0 Å². The van der Waals surface area contributed by atoms with Gasteiger partial charge in [0.1, 0.15) is 0 Å². The summed E-state index contributed by atoms with van der Waals surface area (Å²) in [6.45, 7) is 7.46. The predicted molar refractivity (Wildman–Crippen MR) is 79.6 cm³/mol.